The third kappa shape index (κ3) is 7.29. The van der Waals surface area contributed by atoms with Gasteiger partial charge in [-0.1, -0.05) is 48.5 Å². The Labute approximate surface area is 292 Å². The number of aliphatic hydroxyl groups is 1. The molecule has 9 heteroatoms. The zero-order chi connectivity index (χ0) is 32.4. The van der Waals surface area contributed by atoms with Crippen molar-refractivity contribution < 1.29 is 45.2 Å². The largest absolute Gasteiger partial charge is 1.00 e. The number of quaternary nitrogens is 1. The Morgan fingerprint density at radius 3 is 2.06 bits per heavy atom. The Kier molecular flexibility index (Phi) is 10.5. The van der Waals surface area contributed by atoms with E-state index in [4.69, 9.17) is 9.47 Å². The van der Waals surface area contributed by atoms with Crippen molar-refractivity contribution in [2.45, 2.75) is 38.1 Å². The van der Waals surface area contributed by atoms with Crippen molar-refractivity contribution in [2.24, 2.45) is 5.92 Å². The van der Waals surface area contributed by atoms with Gasteiger partial charge in [0.05, 0.1) is 44.8 Å². The van der Waals surface area contributed by atoms with Crippen LogP contribution < -0.4 is 31.4 Å². The first-order chi connectivity index (χ1) is 22.9. The Morgan fingerprint density at radius 2 is 1.44 bits per heavy atom. The van der Waals surface area contributed by atoms with Crippen LogP contribution in [0.15, 0.2) is 97.1 Å². The minimum absolute atomic E-state index is 0. The summed E-state index contributed by atoms with van der Waals surface area (Å²) in [6, 6.07) is 30.0. The Balaban J connectivity index is 0.00000401. The number of amides is 1. The molecule has 0 saturated carbocycles. The van der Waals surface area contributed by atoms with Crippen LogP contribution in [0.1, 0.15) is 47.2 Å². The number of rotatable bonds is 12. The van der Waals surface area contributed by atoms with E-state index in [2.05, 4.69) is 29.2 Å². The molecule has 3 unspecified atom stereocenters. The lowest BCUT2D eigenvalue weighted by Gasteiger charge is -2.50. The molecule has 48 heavy (non-hydrogen) atoms. The number of ether oxygens (including phenoxy) is 2. The third-order valence-electron chi connectivity index (χ3n) is 10.4. The van der Waals surface area contributed by atoms with E-state index in [1.807, 2.05) is 53.4 Å². The first kappa shape index (κ1) is 34.1. The number of hydrogen-bond acceptors (Lipinski definition) is 5. The van der Waals surface area contributed by atoms with E-state index < -0.39 is 6.10 Å². The molecular weight excluding hydrogens is 673 g/mol. The maximum Gasteiger partial charge on any atom is 0.233 e. The zero-order valence-corrected chi connectivity index (χ0v) is 28.9. The highest BCUT2D eigenvalue weighted by molar-refractivity contribution is 6.03. The molecule has 0 aromatic heterocycles. The van der Waals surface area contributed by atoms with E-state index in [0.717, 1.165) is 34.9 Å². The normalized spacial score (nSPS) is 23.6. The van der Waals surface area contributed by atoms with Gasteiger partial charge in [0.15, 0.2) is 0 Å². The molecule has 1 N–H and O–H groups in total. The number of fused-ring (bicyclic) bond motifs is 3. The van der Waals surface area contributed by atoms with Gasteiger partial charge in [-0.2, -0.15) is 0 Å². The summed E-state index contributed by atoms with van der Waals surface area (Å²) in [5, 5.41) is 10.8. The van der Waals surface area contributed by atoms with Crippen LogP contribution in [-0.2, 0) is 17.9 Å². The van der Waals surface area contributed by atoms with Crippen LogP contribution in [0.5, 0.6) is 11.5 Å². The van der Waals surface area contributed by atoms with Gasteiger partial charge in [0.25, 0.3) is 0 Å². The SMILES string of the molecule is COc1ccc(C2C(CCC(O)c3ccc(F)cc3)C(=O)N2c2ccc(OCc3ccc(C[N+]45CCN(CC4)CC5)cc3)cc2)cc1.[Br-]. The highest BCUT2D eigenvalue weighted by Crippen LogP contribution is 2.47. The summed E-state index contributed by atoms with van der Waals surface area (Å²) in [5.41, 5.74) is 4.97. The average molecular weight is 717 g/mol. The summed E-state index contributed by atoms with van der Waals surface area (Å²) in [7, 11) is 1.63. The predicted octanol–water partition coefficient (Wildman–Crippen LogP) is 3.28. The summed E-state index contributed by atoms with van der Waals surface area (Å²) >= 11 is 0. The van der Waals surface area contributed by atoms with Gasteiger partial charge in [0.1, 0.15) is 30.5 Å². The second-order valence-corrected chi connectivity index (χ2v) is 13.3. The molecule has 0 aliphatic carbocycles. The number of piperazine rings is 3. The number of β-lactam (4-membered cyclic amide) rings is 1. The van der Waals surface area contributed by atoms with E-state index in [1.54, 1.807) is 19.2 Å². The second-order valence-electron chi connectivity index (χ2n) is 13.3. The fourth-order valence-electron chi connectivity index (χ4n) is 7.46. The standard InChI is InChI=1S/C39H43FN3O4.BrH/c1-46-34-14-8-31(9-15-34)38-36(18-19-37(44)30-6-10-32(40)11-7-30)39(45)42(38)33-12-16-35(17-13-33)47-27-29-4-2-28(3-5-29)26-43-23-20-41(21-24-43)22-25-43;/h2-17,36-38,44H,18-27H2,1H3;1H/q+1;/p-1. The van der Waals surface area contributed by atoms with E-state index in [-0.39, 0.29) is 40.7 Å². The summed E-state index contributed by atoms with van der Waals surface area (Å²) in [4.78, 5) is 18.0. The molecule has 1 amide bonds. The maximum atomic E-state index is 13.6. The fourth-order valence-corrected chi connectivity index (χ4v) is 7.46. The Bertz CT molecular complexity index is 1650. The maximum absolute atomic E-state index is 13.6. The molecule has 252 valence electrons. The monoisotopic (exact) mass is 715 g/mol. The van der Waals surface area contributed by atoms with Crippen LogP contribution in [0.2, 0.25) is 0 Å². The number of carbonyl (C=O) groups is 1. The number of benzene rings is 4. The van der Waals surface area contributed by atoms with Crippen LogP contribution >= 0.6 is 0 Å². The minimum atomic E-state index is -0.772. The molecule has 0 spiro atoms. The fraction of sp³-hybridized carbons (Fsp3) is 0.359. The van der Waals surface area contributed by atoms with Gasteiger partial charge >= 0.3 is 0 Å². The quantitative estimate of drug-likeness (QED) is 0.180. The number of halogens is 2. The lowest BCUT2D eigenvalue weighted by molar-refractivity contribution is -0.953. The molecule has 0 radical (unpaired) electrons. The van der Waals surface area contributed by atoms with Gasteiger partial charge in [0, 0.05) is 30.9 Å². The molecule has 4 fully saturated rings. The molecule has 4 saturated heterocycles. The van der Waals surface area contributed by atoms with Gasteiger partial charge in [-0.05, 0) is 78.1 Å². The molecule has 7 nitrogen and oxygen atoms in total. The van der Waals surface area contributed by atoms with Crippen molar-refractivity contribution in [3.63, 3.8) is 0 Å². The number of carbonyl (C=O) groups excluding carboxylic acids is 1. The molecule has 4 heterocycles. The van der Waals surface area contributed by atoms with Crippen molar-refractivity contribution in [1.29, 1.82) is 0 Å². The summed E-state index contributed by atoms with van der Waals surface area (Å²) in [6.45, 7) is 9.03. The Hall–Kier alpha value is -3.76. The molecule has 8 rings (SSSR count). The molecule has 4 aromatic carbocycles. The van der Waals surface area contributed by atoms with Gasteiger partial charge in [-0.15, -0.1) is 0 Å². The lowest BCUT2D eigenvalue weighted by atomic mass is 9.78. The van der Waals surface area contributed by atoms with E-state index in [0.29, 0.717) is 25.0 Å². The van der Waals surface area contributed by atoms with E-state index in [9.17, 15) is 14.3 Å². The van der Waals surface area contributed by atoms with Gasteiger partial charge < -0.3 is 40.9 Å². The topological polar surface area (TPSA) is 62.2 Å². The van der Waals surface area contributed by atoms with Gasteiger partial charge in [0.2, 0.25) is 5.91 Å². The van der Waals surface area contributed by atoms with Crippen molar-refractivity contribution >= 4 is 11.6 Å². The van der Waals surface area contributed by atoms with Crippen molar-refractivity contribution in [3.8, 4) is 11.5 Å². The van der Waals surface area contributed by atoms with Gasteiger partial charge in [-0.25, -0.2) is 4.39 Å². The molecule has 3 atom stereocenters. The van der Waals surface area contributed by atoms with Gasteiger partial charge in [-0.3, -0.25) is 9.69 Å². The first-order valence-corrected chi connectivity index (χ1v) is 16.7. The molecule has 2 bridgehead atoms. The number of aliphatic hydroxyl groups excluding tert-OH is 1. The summed E-state index contributed by atoms with van der Waals surface area (Å²) in [6.07, 6.45) is 0.129. The summed E-state index contributed by atoms with van der Waals surface area (Å²) in [5.74, 6) is 0.878. The van der Waals surface area contributed by atoms with E-state index in [1.165, 1.54) is 61.4 Å². The average Bonchev–Trinajstić information content (AvgIpc) is 3.11. The minimum Gasteiger partial charge on any atom is -1.00 e. The lowest BCUT2D eigenvalue weighted by Crippen LogP contribution is -3.00. The third-order valence-corrected chi connectivity index (χ3v) is 10.4. The highest BCUT2D eigenvalue weighted by atomic mass is 79.9. The zero-order valence-electron chi connectivity index (χ0n) is 27.3. The van der Waals surface area contributed by atoms with Crippen LogP contribution in [-0.4, -0.2) is 66.8 Å². The number of hydrogen-bond donors (Lipinski definition) is 1. The second kappa shape index (κ2) is 14.8. The number of nitrogens with zero attached hydrogens (tertiary/aromatic N) is 3. The van der Waals surface area contributed by atoms with Crippen LogP contribution in [0.4, 0.5) is 10.1 Å². The predicted molar refractivity (Wildman–Crippen MR) is 180 cm³/mol. The molecule has 4 aromatic rings. The van der Waals surface area contributed by atoms with Crippen LogP contribution in [0, 0.1) is 11.7 Å². The molecular formula is C39H43BrFN3O4. The number of methoxy groups -OCH3 is 1. The van der Waals surface area contributed by atoms with Crippen molar-refractivity contribution in [3.05, 3.63) is 125 Å². The Morgan fingerprint density at radius 1 is 0.833 bits per heavy atom. The number of anilines is 1. The van der Waals surface area contributed by atoms with Crippen molar-refractivity contribution in [2.75, 3.05) is 51.3 Å². The van der Waals surface area contributed by atoms with Crippen LogP contribution in [0.3, 0.4) is 0 Å². The smallest absolute Gasteiger partial charge is 0.233 e. The molecule has 4 aliphatic heterocycles. The van der Waals surface area contributed by atoms with Crippen molar-refractivity contribution in [1.82, 2.24) is 4.90 Å². The molecule has 4 aliphatic rings. The first-order valence-electron chi connectivity index (χ1n) is 16.7. The van der Waals surface area contributed by atoms with E-state index >= 15 is 0 Å². The van der Waals surface area contributed by atoms with Crippen LogP contribution in [0.25, 0.3) is 0 Å². The highest BCUT2D eigenvalue weighted by Gasteiger charge is 2.48. The summed E-state index contributed by atoms with van der Waals surface area (Å²) < 4.78 is 26.1.